The van der Waals surface area contributed by atoms with Crippen LogP contribution in [0.2, 0.25) is 0 Å². The molecule has 0 aliphatic rings. The third kappa shape index (κ3) is 2.79. The molecule has 0 fully saturated rings. The van der Waals surface area contributed by atoms with Crippen molar-refractivity contribution in [2.24, 2.45) is 0 Å². The van der Waals surface area contributed by atoms with Gasteiger partial charge in [-0.05, 0) is 31.2 Å². The molecular formula is C13H11NO2S. The standard InChI is InChI=1S/C13H11NO2S/c1-9-14-8-10(17-9)6-7-13(16)11-4-2-3-5-12(11)15/h2-8,15H,1H3. The Kier molecular flexibility index (Phi) is 3.35. The molecule has 0 aliphatic carbocycles. The second kappa shape index (κ2) is 4.93. The van der Waals surface area contributed by atoms with Gasteiger partial charge in [-0.3, -0.25) is 4.79 Å². The average Bonchev–Trinajstić information content (AvgIpc) is 2.73. The summed E-state index contributed by atoms with van der Waals surface area (Å²) < 4.78 is 0. The van der Waals surface area contributed by atoms with Crippen LogP contribution in [0.1, 0.15) is 20.2 Å². The summed E-state index contributed by atoms with van der Waals surface area (Å²) in [4.78, 5) is 16.8. The largest absolute Gasteiger partial charge is 0.507 e. The third-order valence-electron chi connectivity index (χ3n) is 2.21. The van der Waals surface area contributed by atoms with E-state index in [1.165, 1.54) is 23.5 Å². The maximum Gasteiger partial charge on any atom is 0.189 e. The number of aromatic hydroxyl groups is 1. The van der Waals surface area contributed by atoms with Crippen LogP contribution in [0.5, 0.6) is 5.75 Å². The number of hydrogen-bond donors (Lipinski definition) is 1. The Hall–Kier alpha value is -1.94. The van der Waals surface area contributed by atoms with Gasteiger partial charge in [0.15, 0.2) is 5.78 Å². The van der Waals surface area contributed by atoms with E-state index in [1.807, 2.05) is 6.92 Å². The molecule has 2 aromatic rings. The van der Waals surface area contributed by atoms with Crippen LogP contribution in [-0.2, 0) is 0 Å². The van der Waals surface area contributed by atoms with Crippen molar-refractivity contribution in [3.63, 3.8) is 0 Å². The molecule has 0 radical (unpaired) electrons. The van der Waals surface area contributed by atoms with E-state index in [4.69, 9.17) is 0 Å². The molecule has 86 valence electrons. The number of aryl methyl sites for hydroxylation is 1. The van der Waals surface area contributed by atoms with Crippen molar-refractivity contribution in [1.82, 2.24) is 4.98 Å². The Morgan fingerprint density at radius 3 is 2.82 bits per heavy atom. The van der Waals surface area contributed by atoms with Crippen molar-refractivity contribution >= 4 is 23.2 Å². The number of para-hydroxylation sites is 1. The van der Waals surface area contributed by atoms with Crippen LogP contribution in [0, 0.1) is 6.92 Å². The van der Waals surface area contributed by atoms with Crippen molar-refractivity contribution in [2.75, 3.05) is 0 Å². The number of nitrogens with zero attached hydrogens (tertiary/aromatic N) is 1. The Balaban J connectivity index is 2.17. The van der Waals surface area contributed by atoms with Gasteiger partial charge in [-0.25, -0.2) is 4.98 Å². The molecule has 0 bridgehead atoms. The lowest BCUT2D eigenvalue weighted by Crippen LogP contribution is -1.93. The predicted molar refractivity (Wildman–Crippen MR) is 68.3 cm³/mol. The predicted octanol–water partition coefficient (Wildman–Crippen LogP) is 3.05. The Morgan fingerprint density at radius 1 is 1.41 bits per heavy atom. The lowest BCUT2D eigenvalue weighted by atomic mass is 10.1. The Morgan fingerprint density at radius 2 is 2.18 bits per heavy atom. The first-order chi connectivity index (χ1) is 8.16. The SMILES string of the molecule is Cc1ncc(C=CC(=O)c2ccccc2O)s1. The molecule has 0 amide bonds. The number of carbonyl (C=O) groups is 1. The summed E-state index contributed by atoms with van der Waals surface area (Å²) in [5, 5.41) is 10.5. The monoisotopic (exact) mass is 245 g/mol. The fourth-order valence-corrected chi connectivity index (χ4v) is 2.07. The van der Waals surface area contributed by atoms with Crippen molar-refractivity contribution in [3.05, 3.63) is 52.0 Å². The number of aromatic nitrogens is 1. The van der Waals surface area contributed by atoms with Crippen LogP contribution in [0.3, 0.4) is 0 Å². The highest BCUT2D eigenvalue weighted by Gasteiger charge is 2.06. The summed E-state index contributed by atoms with van der Waals surface area (Å²) in [6.07, 6.45) is 4.87. The maximum absolute atomic E-state index is 11.8. The minimum Gasteiger partial charge on any atom is -0.507 e. The van der Waals surface area contributed by atoms with E-state index in [1.54, 1.807) is 30.5 Å². The number of rotatable bonds is 3. The zero-order valence-electron chi connectivity index (χ0n) is 9.25. The van der Waals surface area contributed by atoms with Gasteiger partial charge in [-0.2, -0.15) is 0 Å². The number of allylic oxidation sites excluding steroid dienone is 1. The van der Waals surface area contributed by atoms with E-state index in [2.05, 4.69) is 4.98 Å². The lowest BCUT2D eigenvalue weighted by Gasteiger charge is -1.98. The van der Waals surface area contributed by atoms with E-state index in [9.17, 15) is 9.90 Å². The van der Waals surface area contributed by atoms with E-state index in [0.717, 1.165) is 9.88 Å². The fraction of sp³-hybridized carbons (Fsp3) is 0.0769. The maximum atomic E-state index is 11.8. The van der Waals surface area contributed by atoms with Crippen LogP contribution in [0.25, 0.3) is 6.08 Å². The molecule has 1 aromatic carbocycles. The minimum absolute atomic E-state index is 0.00244. The molecule has 0 spiro atoms. The summed E-state index contributed by atoms with van der Waals surface area (Å²) >= 11 is 1.52. The van der Waals surface area contributed by atoms with Gasteiger partial charge in [-0.1, -0.05) is 12.1 Å². The van der Waals surface area contributed by atoms with Crippen LogP contribution in [-0.4, -0.2) is 15.9 Å². The molecule has 0 aliphatic heterocycles. The summed E-state index contributed by atoms with van der Waals surface area (Å²) in [6, 6.07) is 6.50. The van der Waals surface area contributed by atoms with E-state index in [-0.39, 0.29) is 11.5 Å². The highest BCUT2D eigenvalue weighted by Crippen LogP contribution is 2.18. The molecule has 1 N–H and O–H groups in total. The second-order valence-corrected chi connectivity index (χ2v) is 4.76. The molecule has 0 atom stereocenters. The Bertz CT molecular complexity index is 572. The molecule has 3 nitrogen and oxygen atoms in total. The molecule has 4 heteroatoms. The zero-order chi connectivity index (χ0) is 12.3. The highest BCUT2D eigenvalue weighted by molar-refractivity contribution is 7.12. The van der Waals surface area contributed by atoms with Crippen LogP contribution < -0.4 is 0 Å². The van der Waals surface area contributed by atoms with Crippen molar-refractivity contribution < 1.29 is 9.90 Å². The molecule has 0 saturated carbocycles. The van der Waals surface area contributed by atoms with Gasteiger partial charge in [0, 0.05) is 11.1 Å². The summed E-state index contributed by atoms with van der Waals surface area (Å²) in [6.45, 7) is 1.91. The number of hydrogen-bond acceptors (Lipinski definition) is 4. The van der Waals surface area contributed by atoms with Crippen LogP contribution in [0.15, 0.2) is 36.5 Å². The zero-order valence-corrected chi connectivity index (χ0v) is 10.1. The number of ketones is 1. The number of carbonyl (C=O) groups excluding carboxylic acids is 1. The fourth-order valence-electron chi connectivity index (χ4n) is 1.38. The van der Waals surface area contributed by atoms with Crippen molar-refractivity contribution in [3.8, 4) is 5.75 Å². The highest BCUT2D eigenvalue weighted by atomic mass is 32.1. The van der Waals surface area contributed by atoms with Crippen molar-refractivity contribution in [1.29, 1.82) is 0 Å². The van der Waals surface area contributed by atoms with Crippen LogP contribution in [0.4, 0.5) is 0 Å². The first kappa shape index (κ1) is 11.5. The normalized spacial score (nSPS) is 10.9. The molecule has 1 aromatic heterocycles. The van der Waals surface area contributed by atoms with Gasteiger partial charge in [0.25, 0.3) is 0 Å². The molecule has 0 saturated heterocycles. The summed E-state index contributed by atoms with van der Waals surface area (Å²) in [5.41, 5.74) is 0.310. The number of phenols is 1. The van der Waals surface area contributed by atoms with Crippen LogP contribution >= 0.6 is 11.3 Å². The first-order valence-electron chi connectivity index (χ1n) is 5.09. The topological polar surface area (TPSA) is 50.2 Å². The van der Waals surface area contributed by atoms with Gasteiger partial charge >= 0.3 is 0 Å². The first-order valence-corrected chi connectivity index (χ1v) is 5.91. The van der Waals surface area contributed by atoms with Gasteiger partial charge in [0.1, 0.15) is 5.75 Å². The number of thiazole rings is 1. The van der Waals surface area contributed by atoms with E-state index in [0.29, 0.717) is 5.56 Å². The average molecular weight is 245 g/mol. The quantitative estimate of drug-likeness (QED) is 0.668. The molecule has 1 heterocycles. The van der Waals surface area contributed by atoms with E-state index >= 15 is 0 Å². The third-order valence-corrected chi connectivity index (χ3v) is 3.09. The molecule has 0 unspecified atom stereocenters. The van der Waals surface area contributed by atoms with Gasteiger partial charge < -0.3 is 5.11 Å². The molecule has 17 heavy (non-hydrogen) atoms. The lowest BCUT2D eigenvalue weighted by molar-refractivity contribution is 0.104. The van der Waals surface area contributed by atoms with Gasteiger partial charge in [0.05, 0.1) is 10.6 Å². The van der Waals surface area contributed by atoms with Gasteiger partial charge in [0.2, 0.25) is 0 Å². The number of benzene rings is 1. The molecule has 2 rings (SSSR count). The van der Waals surface area contributed by atoms with Gasteiger partial charge in [-0.15, -0.1) is 11.3 Å². The Labute approximate surface area is 103 Å². The smallest absolute Gasteiger partial charge is 0.189 e. The second-order valence-electron chi connectivity index (χ2n) is 3.50. The van der Waals surface area contributed by atoms with E-state index < -0.39 is 0 Å². The minimum atomic E-state index is -0.214. The summed E-state index contributed by atoms with van der Waals surface area (Å²) in [5.74, 6) is -0.211. The number of phenolic OH excluding ortho intramolecular Hbond substituents is 1. The molecular weight excluding hydrogens is 234 g/mol. The van der Waals surface area contributed by atoms with Crippen molar-refractivity contribution in [2.45, 2.75) is 6.92 Å². The summed E-state index contributed by atoms with van der Waals surface area (Å²) in [7, 11) is 0.